The number of carboxylic acid groups (broad SMARTS) is 2. The van der Waals surface area contributed by atoms with Crippen molar-refractivity contribution in [3.8, 4) is 22.9 Å². The first-order valence-electron chi connectivity index (χ1n) is 11.0. The summed E-state index contributed by atoms with van der Waals surface area (Å²) in [4.78, 5) is 22.5. The predicted molar refractivity (Wildman–Crippen MR) is 134 cm³/mol. The molecule has 2 N–H and O–H groups in total. The maximum absolute atomic E-state index is 11.4. The van der Waals surface area contributed by atoms with E-state index in [-0.39, 0.29) is 12.0 Å². The van der Waals surface area contributed by atoms with Crippen molar-refractivity contribution in [3.63, 3.8) is 0 Å². The van der Waals surface area contributed by atoms with Gasteiger partial charge in [-0.25, -0.2) is 9.48 Å². The smallest absolute Gasteiger partial charge is 0.331 e. The van der Waals surface area contributed by atoms with Gasteiger partial charge >= 0.3 is 11.9 Å². The maximum atomic E-state index is 11.4. The van der Waals surface area contributed by atoms with E-state index < -0.39 is 17.4 Å². The molecule has 1 atom stereocenters. The molecule has 4 rings (SSSR count). The van der Waals surface area contributed by atoms with E-state index in [0.29, 0.717) is 22.8 Å². The van der Waals surface area contributed by atoms with Gasteiger partial charge in [-0.1, -0.05) is 36.4 Å². The molecule has 1 unspecified atom stereocenters. The fourth-order valence-electron chi connectivity index (χ4n) is 3.76. The first-order chi connectivity index (χ1) is 17.2. The van der Waals surface area contributed by atoms with E-state index in [1.54, 1.807) is 44.4 Å². The van der Waals surface area contributed by atoms with Crippen molar-refractivity contribution in [2.24, 2.45) is 5.41 Å². The highest BCUT2D eigenvalue weighted by Gasteiger charge is 2.36. The van der Waals surface area contributed by atoms with Gasteiger partial charge < -0.3 is 24.4 Å². The van der Waals surface area contributed by atoms with Gasteiger partial charge in [0.25, 0.3) is 0 Å². The van der Waals surface area contributed by atoms with E-state index >= 15 is 0 Å². The lowest BCUT2D eigenvalue weighted by Gasteiger charge is -2.26. The van der Waals surface area contributed by atoms with Crippen LogP contribution in [0.2, 0.25) is 0 Å². The minimum Gasteiger partial charge on any atom is -0.493 e. The van der Waals surface area contributed by atoms with E-state index in [2.05, 4.69) is 5.10 Å². The van der Waals surface area contributed by atoms with Gasteiger partial charge in [-0.15, -0.1) is 0 Å². The van der Waals surface area contributed by atoms with Gasteiger partial charge in [0.15, 0.2) is 11.5 Å². The van der Waals surface area contributed by atoms with E-state index in [1.165, 1.54) is 6.92 Å². The zero-order valence-electron chi connectivity index (χ0n) is 20.5. The molecule has 2 aromatic carbocycles. The van der Waals surface area contributed by atoms with Crippen LogP contribution in [0.25, 0.3) is 11.3 Å². The summed E-state index contributed by atoms with van der Waals surface area (Å²) in [6.45, 7) is 1.54. The highest BCUT2D eigenvalue weighted by atomic mass is 16.5. The van der Waals surface area contributed by atoms with Gasteiger partial charge in [-0.05, 0) is 36.6 Å². The Morgan fingerprint density at radius 2 is 1.61 bits per heavy atom. The van der Waals surface area contributed by atoms with Gasteiger partial charge in [-0.3, -0.25) is 4.79 Å². The molecule has 0 saturated heterocycles. The second kappa shape index (κ2) is 11.3. The molecule has 0 radical (unpaired) electrons. The van der Waals surface area contributed by atoms with Crippen LogP contribution in [0.4, 0.5) is 0 Å². The summed E-state index contributed by atoms with van der Waals surface area (Å²) in [6, 6.07) is 14.7. The van der Waals surface area contributed by atoms with E-state index in [1.807, 2.05) is 54.7 Å². The van der Waals surface area contributed by atoms with E-state index in [0.717, 1.165) is 11.3 Å². The van der Waals surface area contributed by atoms with Gasteiger partial charge in [0.1, 0.15) is 0 Å². The molecule has 9 heteroatoms. The summed E-state index contributed by atoms with van der Waals surface area (Å²) >= 11 is 0. The standard InChI is InChI=1S/C15H14O4.C12H14N2O3/c1-15(14(18)19)8-11(7-12(9-15)13(16)17)10-5-3-2-4-6-10;1-15-10-7-9(14-6-4-5-13-14)8-11(16-2)12(10)17-3/h2-8H,9H2,1H3,(H,16,17)(H,18,19);4-8H,1-3H3. The normalized spacial score (nSPS) is 16.6. The number of hydrogen-bond acceptors (Lipinski definition) is 6. The Kier molecular flexibility index (Phi) is 8.16. The average molecular weight is 493 g/mol. The predicted octanol–water partition coefficient (Wildman–Crippen LogP) is 4.47. The molecule has 0 spiro atoms. The third-order valence-corrected chi connectivity index (χ3v) is 5.65. The summed E-state index contributed by atoms with van der Waals surface area (Å²) in [5.74, 6) is -0.303. The maximum Gasteiger partial charge on any atom is 0.331 e. The zero-order chi connectivity index (χ0) is 26.3. The van der Waals surface area contributed by atoms with Crippen LogP contribution in [-0.2, 0) is 9.59 Å². The third kappa shape index (κ3) is 5.75. The SMILES string of the molecule is CC1(C(=O)O)C=C(c2ccccc2)C=C(C(=O)O)C1.COc1cc(-n2cccn2)cc(OC)c1OC. The summed E-state index contributed by atoms with van der Waals surface area (Å²) in [5, 5.41) is 22.6. The molecular weight excluding hydrogens is 464 g/mol. The Bertz CT molecular complexity index is 1260. The van der Waals surface area contributed by atoms with Crippen LogP contribution in [-0.4, -0.2) is 53.3 Å². The number of nitrogens with zero attached hydrogens (tertiary/aromatic N) is 2. The Morgan fingerprint density at radius 1 is 0.972 bits per heavy atom. The highest BCUT2D eigenvalue weighted by molar-refractivity contribution is 5.96. The molecule has 0 amide bonds. The number of aromatic nitrogens is 2. The molecule has 36 heavy (non-hydrogen) atoms. The molecule has 0 fully saturated rings. The average Bonchev–Trinajstić information content (AvgIpc) is 3.43. The number of hydrogen-bond donors (Lipinski definition) is 2. The molecule has 1 aromatic heterocycles. The van der Waals surface area contributed by atoms with Crippen LogP contribution in [0.1, 0.15) is 18.9 Å². The van der Waals surface area contributed by atoms with Crippen LogP contribution in [0.15, 0.2) is 78.6 Å². The van der Waals surface area contributed by atoms with Crippen LogP contribution in [0.5, 0.6) is 17.2 Å². The Morgan fingerprint density at radius 3 is 2.08 bits per heavy atom. The van der Waals surface area contributed by atoms with Gasteiger partial charge in [0.2, 0.25) is 5.75 Å². The molecule has 0 aliphatic heterocycles. The van der Waals surface area contributed by atoms with Crippen molar-refractivity contribution in [2.45, 2.75) is 13.3 Å². The lowest BCUT2D eigenvalue weighted by atomic mass is 9.76. The van der Waals surface area contributed by atoms with E-state index in [9.17, 15) is 14.7 Å². The van der Waals surface area contributed by atoms with Crippen molar-refractivity contribution in [1.29, 1.82) is 0 Å². The lowest BCUT2D eigenvalue weighted by molar-refractivity contribution is -0.145. The molecule has 1 heterocycles. The summed E-state index contributed by atoms with van der Waals surface area (Å²) in [5.41, 5.74) is 1.23. The first-order valence-corrected chi connectivity index (χ1v) is 11.0. The molecule has 188 valence electrons. The second-order valence-electron chi connectivity index (χ2n) is 8.17. The van der Waals surface area contributed by atoms with Crippen LogP contribution >= 0.6 is 0 Å². The number of carbonyl (C=O) groups is 2. The fourth-order valence-corrected chi connectivity index (χ4v) is 3.76. The van der Waals surface area contributed by atoms with Crippen molar-refractivity contribution >= 4 is 17.5 Å². The van der Waals surface area contributed by atoms with Crippen LogP contribution < -0.4 is 14.2 Å². The third-order valence-electron chi connectivity index (χ3n) is 5.65. The van der Waals surface area contributed by atoms with Crippen LogP contribution in [0, 0.1) is 5.41 Å². The quantitative estimate of drug-likeness (QED) is 0.496. The fraction of sp³-hybridized carbons (Fsp3) is 0.222. The lowest BCUT2D eigenvalue weighted by Crippen LogP contribution is -2.29. The molecule has 0 saturated carbocycles. The molecule has 0 bridgehead atoms. The number of ether oxygens (including phenoxy) is 3. The van der Waals surface area contributed by atoms with Crippen molar-refractivity contribution < 1.29 is 34.0 Å². The summed E-state index contributed by atoms with van der Waals surface area (Å²) in [6.07, 6.45) is 6.72. The number of rotatable bonds is 7. The minimum atomic E-state index is -1.19. The van der Waals surface area contributed by atoms with Gasteiger partial charge in [0.05, 0.1) is 32.4 Å². The molecular formula is C27H28N2O7. The Labute approximate surface area is 208 Å². The minimum absolute atomic E-state index is 0.00595. The van der Waals surface area contributed by atoms with E-state index in [4.69, 9.17) is 19.3 Å². The van der Waals surface area contributed by atoms with Crippen molar-refractivity contribution in [1.82, 2.24) is 9.78 Å². The number of allylic oxidation sites excluding steroid dienone is 2. The molecule has 1 aliphatic carbocycles. The summed E-state index contributed by atoms with van der Waals surface area (Å²) < 4.78 is 17.5. The largest absolute Gasteiger partial charge is 0.493 e. The number of benzene rings is 2. The Hall–Kier alpha value is -4.53. The topological polar surface area (TPSA) is 120 Å². The van der Waals surface area contributed by atoms with Gasteiger partial charge in [0, 0.05) is 30.1 Å². The second-order valence-corrected chi connectivity index (χ2v) is 8.17. The molecule has 1 aliphatic rings. The number of carboxylic acids is 2. The number of aliphatic carboxylic acids is 2. The van der Waals surface area contributed by atoms with Crippen LogP contribution in [0.3, 0.4) is 0 Å². The number of methoxy groups -OCH3 is 3. The highest BCUT2D eigenvalue weighted by Crippen LogP contribution is 2.39. The van der Waals surface area contributed by atoms with Gasteiger partial charge in [-0.2, -0.15) is 5.10 Å². The zero-order valence-corrected chi connectivity index (χ0v) is 20.5. The summed E-state index contributed by atoms with van der Waals surface area (Å²) in [7, 11) is 4.75. The van der Waals surface area contributed by atoms with Crippen molar-refractivity contribution in [3.05, 3.63) is 84.2 Å². The van der Waals surface area contributed by atoms with Crippen molar-refractivity contribution in [2.75, 3.05) is 21.3 Å². The monoisotopic (exact) mass is 492 g/mol. The first kappa shape index (κ1) is 26.1. The molecule has 9 nitrogen and oxygen atoms in total. The Balaban J connectivity index is 0.000000202. The molecule has 3 aromatic rings.